The van der Waals surface area contributed by atoms with E-state index >= 15 is 0 Å². The molecule has 0 unspecified atom stereocenters. The topological polar surface area (TPSA) is 32.7 Å². The third-order valence-electron chi connectivity index (χ3n) is 3.89. The molecule has 21 heavy (non-hydrogen) atoms. The van der Waals surface area contributed by atoms with Gasteiger partial charge in [-0.1, -0.05) is 36.4 Å². The molecule has 0 spiro atoms. The van der Waals surface area contributed by atoms with Crippen LogP contribution in [0.1, 0.15) is 17.5 Å². The number of phenolic OH excluding ortho intramolecular Hbond substituents is 1. The average Bonchev–Trinajstić information content (AvgIpc) is 2.47. The molecule has 0 fully saturated rings. The van der Waals surface area contributed by atoms with E-state index in [0.717, 1.165) is 31.7 Å². The van der Waals surface area contributed by atoms with Gasteiger partial charge >= 0.3 is 0 Å². The number of aromatic hydroxyl groups is 1. The standard InChI is InChI=1S/C18H21NO2/c1-19(12-14-5-3-2-4-6-14)13-17-10-8-15-7-9-16(20)11-18(15)21-17/h2-7,9,11,17,20H,8,10,12-13H2,1H3/t17-/m0/s1. The lowest BCUT2D eigenvalue weighted by Crippen LogP contribution is -2.35. The molecule has 0 aromatic heterocycles. The lowest BCUT2D eigenvalue weighted by molar-refractivity contribution is 0.124. The van der Waals surface area contributed by atoms with Gasteiger partial charge in [0, 0.05) is 19.2 Å². The van der Waals surface area contributed by atoms with E-state index in [2.05, 4.69) is 36.2 Å². The fourth-order valence-corrected chi connectivity index (χ4v) is 2.85. The molecular formula is C18H21NO2. The van der Waals surface area contributed by atoms with Crippen molar-refractivity contribution in [2.24, 2.45) is 0 Å². The van der Waals surface area contributed by atoms with Crippen LogP contribution in [0.15, 0.2) is 48.5 Å². The fourth-order valence-electron chi connectivity index (χ4n) is 2.85. The molecule has 1 N–H and O–H groups in total. The Morgan fingerprint density at radius 2 is 2.00 bits per heavy atom. The molecule has 2 aromatic carbocycles. The van der Waals surface area contributed by atoms with E-state index in [-0.39, 0.29) is 11.9 Å². The first-order valence-corrected chi connectivity index (χ1v) is 7.42. The van der Waals surface area contributed by atoms with Gasteiger partial charge in [0.2, 0.25) is 0 Å². The predicted octanol–water partition coefficient (Wildman–Crippen LogP) is 3.22. The van der Waals surface area contributed by atoms with Gasteiger partial charge in [0.25, 0.3) is 0 Å². The Morgan fingerprint density at radius 1 is 1.19 bits per heavy atom. The molecule has 1 heterocycles. The molecule has 1 aliphatic heterocycles. The van der Waals surface area contributed by atoms with Crippen molar-refractivity contribution < 1.29 is 9.84 Å². The van der Waals surface area contributed by atoms with E-state index in [1.807, 2.05) is 12.1 Å². The minimum atomic E-state index is 0.188. The lowest BCUT2D eigenvalue weighted by atomic mass is 10.0. The molecule has 0 bridgehead atoms. The molecule has 2 aromatic rings. The molecule has 3 heteroatoms. The van der Waals surface area contributed by atoms with Crippen molar-refractivity contribution in [3.05, 3.63) is 59.7 Å². The SMILES string of the molecule is CN(Cc1ccccc1)C[C@@H]1CCc2ccc(O)cc2O1. The number of likely N-dealkylation sites (N-methyl/N-ethyl adjacent to an activating group) is 1. The quantitative estimate of drug-likeness (QED) is 0.935. The maximum Gasteiger partial charge on any atom is 0.126 e. The second-order valence-corrected chi connectivity index (χ2v) is 5.75. The number of ether oxygens (including phenoxy) is 1. The van der Waals surface area contributed by atoms with Crippen LogP contribution < -0.4 is 4.74 Å². The van der Waals surface area contributed by atoms with Gasteiger partial charge in [-0.3, -0.25) is 4.90 Å². The normalized spacial score (nSPS) is 17.3. The van der Waals surface area contributed by atoms with Crippen LogP contribution >= 0.6 is 0 Å². The van der Waals surface area contributed by atoms with Crippen LogP contribution in [-0.4, -0.2) is 29.7 Å². The van der Waals surface area contributed by atoms with Gasteiger partial charge < -0.3 is 9.84 Å². The number of hydrogen-bond donors (Lipinski definition) is 1. The van der Waals surface area contributed by atoms with Gasteiger partial charge in [0.05, 0.1) is 0 Å². The molecule has 0 saturated heterocycles. The molecule has 110 valence electrons. The van der Waals surface area contributed by atoms with Crippen LogP contribution in [0, 0.1) is 0 Å². The van der Waals surface area contributed by atoms with Gasteiger partial charge in [0.15, 0.2) is 0 Å². The Hall–Kier alpha value is -2.00. The van der Waals surface area contributed by atoms with Crippen molar-refractivity contribution in [1.82, 2.24) is 4.90 Å². The highest BCUT2D eigenvalue weighted by Crippen LogP contribution is 2.31. The Balaban J connectivity index is 1.59. The van der Waals surface area contributed by atoms with Gasteiger partial charge in [-0.2, -0.15) is 0 Å². The Morgan fingerprint density at radius 3 is 2.81 bits per heavy atom. The average molecular weight is 283 g/mol. The van der Waals surface area contributed by atoms with Crippen molar-refractivity contribution in [1.29, 1.82) is 0 Å². The molecule has 0 saturated carbocycles. The summed E-state index contributed by atoms with van der Waals surface area (Å²) in [6.07, 6.45) is 2.23. The number of benzene rings is 2. The van der Waals surface area contributed by atoms with Crippen LogP contribution in [0.3, 0.4) is 0 Å². The van der Waals surface area contributed by atoms with E-state index in [9.17, 15) is 5.11 Å². The van der Waals surface area contributed by atoms with Gasteiger partial charge in [-0.25, -0.2) is 0 Å². The smallest absolute Gasteiger partial charge is 0.126 e. The van der Waals surface area contributed by atoms with Crippen molar-refractivity contribution in [2.45, 2.75) is 25.5 Å². The zero-order chi connectivity index (χ0) is 14.7. The summed E-state index contributed by atoms with van der Waals surface area (Å²) in [7, 11) is 2.12. The summed E-state index contributed by atoms with van der Waals surface area (Å²) >= 11 is 0. The molecule has 1 aliphatic rings. The summed E-state index contributed by atoms with van der Waals surface area (Å²) in [5.41, 5.74) is 2.50. The minimum Gasteiger partial charge on any atom is -0.508 e. The summed E-state index contributed by atoms with van der Waals surface area (Å²) in [6.45, 7) is 1.82. The number of aryl methyl sites for hydroxylation is 1. The monoisotopic (exact) mass is 283 g/mol. The molecule has 3 nitrogen and oxygen atoms in total. The summed E-state index contributed by atoms with van der Waals surface area (Å²) in [5.74, 6) is 1.10. The second kappa shape index (κ2) is 6.19. The van der Waals surface area contributed by atoms with Crippen LogP contribution in [0.5, 0.6) is 11.5 Å². The molecule has 0 aliphatic carbocycles. The molecule has 0 amide bonds. The van der Waals surface area contributed by atoms with E-state index in [0.29, 0.717) is 0 Å². The third kappa shape index (κ3) is 3.56. The van der Waals surface area contributed by atoms with Crippen LogP contribution in [0.2, 0.25) is 0 Å². The molecule has 0 radical (unpaired) electrons. The van der Waals surface area contributed by atoms with Crippen LogP contribution in [0.4, 0.5) is 0 Å². The number of rotatable bonds is 4. The first kappa shape index (κ1) is 14.0. The first-order valence-electron chi connectivity index (χ1n) is 7.42. The summed E-state index contributed by atoms with van der Waals surface area (Å²) in [6, 6.07) is 15.9. The second-order valence-electron chi connectivity index (χ2n) is 5.75. The summed E-state index contributed by atoms with van der Waals surface area (Å²) in [4.78, 5) is 2.29. The maximum atomic E-state index is 9.56. The number of phenols is 1. The van der Waals surface area contributed by atoms with E-state index in [1.54, 1.807) is 12.1 Å². The molecule has 1 atom stereocenters. The molecule has 3 rings (SSSR count). The Bertz CT molecular complexity index is 597. The summed E-state index contributed by atoms with van der Waals surface area (Å²) in [5, 5.41) is 9.56. The van der Waals surface area contributed by atoms with E-state index < -0.39 is 0 Å². The third-order valence-corrected chi connectivity index (χ3v) is 3.89. The Labute approximate surface area is 125 Å². The highest BCUT2D eigenvalue weighted by molar-refractivity contribution is 5.41. The lowest BCUT2D eigenvalue weighted by Gasteiger charge is -2.29. The van der Waals surface area contributed by atoms with E-state index in [1.165, 1.54) is 11.1 Å². The number of fused-ring (bicyclic) bond motifs is 1. The fraction of sp³-hybridized carbons (Fsp3) is 0.333. The Kier molecular flexibility index (Phi) is 4.11. The zero-order valence-electron chi connectivity index (χ0n) is 12.3. The van der Waals surface area contributed by atoms with Gasteiger partial charge in [-0.15, -0.1) is 0 Å². The zero-order valence-corrected chi connectivity index (χ0v) is 12.3. The largest absolute Gasteiger partial charge is 0.508 e. The van der Waals surface area contributed by atoms with Crippen LogP contribution in [-0.2, 0) is 13.0 Å². The number of nitrogens with zero attached hydrogens (tertiary/aromatic N) is 1. The van der Waals surface area contributed by atoms with E-state index in [4.69, 9.17) is 4.74 Å². The maximum absolute atomic E-state index is 9.56. The predicted molar refractivity (Wildman–Crippen MR) is 83.6 cm³/mol. The minimum absolute atomic E-state index is 0.188. The van der Waals surface area contributed by atoms with Crippen LogP contribution in [0.25, 0.3) is 0 Å². The van der Waals surface area contributed by atoms with Gasteiger partial charge in [0.1, 0.15) is 17.6 Å². The van der Waals surface area contributed by atoms with Crippen molar-refractivity contribution >= 4 is 0 Å². The highest BCUT2D eigenvalue weighted by atomic mass is 16.5. The number of hydrogen-bond acceptors (Lipinski definition) is 3. The van der Waals surface area contributed by atoms with Crippen molar-refractivity contribution in [3.8, 4) is 11.5 Å². The first-order chi connectivity index (χ1) is 10.2. The van der Waals surface area contributed by atoms with Crippen molar-refractivity contribution in [2.75, 3.05) is 13.6 Å². The highest BCUT2D eigenvalue weighted by Gasteiger charge is 2.21. The van der Waals surface area contributed by atoms with Gasteiger partial charge in [-0.05, 0) is 37.1 Å². The summed E-state index contributed by atoms with van der Waals surface area (Å²) < 4.78 is 6.02. The molecular weight excluding hydrogens is 262 g/mol. The van der Waals surface area contributed by atoms with Crippen molar-refractivity contribution in [3.63, 3.8) is 0 Å².